The smallest absolute Gasteiger partial charge is 0.252 e. The molecule has 0 spiro atoms. The van der Waals surface area contributed by atoms with E-state index in [1.165, 1.54) is 0 Å². The minimum atomic E-state index is -1.37. The number of aliphatic imine (C=N–C) groups is 1. The molecular formula is C27H26BrN5O4. The zero-order valence-corrected chi connectivity index (χ0v) is 21.8. The van der Waals surface area contributed by atoms with Crippen LogP contribution in [0.2, 0.25) is 0 Å². The van der Waals surface area contributed by atoms with Gasteiger partial charge in [-0.25, -0.2) is 4.99 Å². The number of halogens is 1. The van der Waals surface area contributed by atoms with E-state index in [1.807, 2.05) is 36.4 Å². The molecule has 1 heterocycles. The first-order valence-corrected chi connectivity index (χ1v) is 12.5. The monoisotopic (exact) mass is 563 g/mol. The Balaban J connectivity index is 1.80. The van der Waals surface area contributed by atoms with Crippen LogP contribution in [0.15, 0.2) is 87.4 Å². The number of nitrogens with zero attached hydrogens (tertiary/aromatic N) is 4. The van der Waals surface area contributed by atoms with Crippen LogP contribution in [0.1, 0.15) is 29.2 Å². The third kappa shape index (κ3) is 5.77. The SMILES string of the molecule is CNC(=O)[C@]1(Cc2ccc(Br)cc2)N=C(c2ccc(OCCCO)cc2)O[C@@H]1c1ccccc1N=[N+]=[N-]. The van der Waals surface area contributed by atoms with Gasteiger partial charge in [0.05, 0.1) is 6.61 Å². The average molecular weight is 564 g/mol. The summed E-state index contributed by atoms with van der Waals surface area (Å²) in [5.41, 5.74) is 10.3. The van der Waals surface area contributed by atoms with Crippen molar-refractivity contribution in [3.05, 3.63) is 104 Å². The molecule has 0 bridgehead atoms. The van der Waals surface area contributed by atoms with Crippen LogP contribution in [0.5, 0.6) is 5.75 Å². The van der Waals surface area contributed by atoms with E-state index in [-0.39, 0.29) is 18.9 Å². The van der Waals surface area contributed by atoms with Crippen molar-refractivity contribution < 1.29 is 19.4 Å². The highest BCUT2D eigenvalue weighted by Gasteiger charge is 2.53. The summed E-state index contributed by atoms with van der Waals surface area (Å²) < 4.78 is 13.0. The van der Waals surface area contributed by atoms with Crippen molar-refractivity contribution >= 4 is 33.4 Å². The number of hydrogen-bond acceptors (Lipinski definition) is 6. The van der Waals surface area contributed by atoms with Crippen molar-refractivity contribution in [2.24, 2.45) is 10.1 Å². The van der Waals surface area contributed by atoms with Gasteiger partial charge in [-0.15, -0.1) is 0 Å². The lowest BCUT2D eigenvalue weighted by molar-refractivity contribution is -0.128. The van der Waals surface area contributed by atoms with Crippen LogP contribution in [0, 0.1) is 0 Å². The van der Waals surface area contributed by atoms with E-state index in [1.54, 1.807) is 43.4 Å². The van der Waals surface area contributed by atoms with E-state index in [0.717, 1.165) is 10.0 Å². The summed E-state index contributed by atoms with van der Waals surface area (Å²) in [6.07, 6.45) is -0.0661. The summed E-state index contributed by atoms with van der Waals surface area (Å²) in [6.45, 7) is 0.458. The molecule has 0 saturated heterocycles. The fourth-order valence-corrected chi connectivity index (χ4v) is 4.50. The van der Waals surface area contributed by atoms with E-state index in [2.05, 4.69) is 31.3 Å². The number of aliphatic hydroxyl groups is 1. The number of carbonyl (C=O) groups is 1. The lowest BCUT2D eigenvalue weighted by Crippen LogP contribution is -2.48. The van der Waals surface area contributed by atoms with Crippen LogP contribution in [0.25, 0.3) is 10.4 Å². The van der Waals surface area contributed by atoms with Crippen LogP contribution in [-0.2, 0) is 16.0 Å². The Labute approximate surface area is 222 Å². The van der Waals surface area contributed by atoms with Crippen LogP contribution in [0.3, 0.4) is 0 Å². The lowest BCUT2D eigenvalue weighted by Gasteiger charge is -2.31. The predicted octanol–water partition coefficient (Wildman–Crippen LogP) is 5.40. The fraction of sp³-hybridized carbons (Fsp3) is 0.259. The molecule has 2 N–H and O–H groups in total. The van der Waals surface area contributed by atoms with E-state index < -0.39 is 11.6 Å². The van der Waals surface area contributed by atoms with Gasteiger partial charge in [-0.1, -0.05) is 57.4 Å². The van der Waals surface area contributed by atoms with Crippen molar-refractivity contribution in [3.8, 4) is 5.75 Å². The van der Waals surface area contributed by atoms with Gasteiger partial charge in [-0.3, -0.25) is 4.79 Å². The second kappa shape index (κ2) is 11.9. The molecule has 37 heavy (non-hydrogen) atoms. The third-order valence-electron chi connectivity index (χ3n) is 6.02. The molecule has 1 amide bonds. The molecule has 10 heteroatoms. The zero-order chi connectivity index (χ0) is 26.3. The second-order valence-corrected chi connectivity index (χ2v) is 9.34. The van der Waals surface area contributed by atoms with E-state index in [0.29, 0.717) is 41.5 Å². The maximum atomic E-state index is 13.6. The number of nitrogens with one attached hydrogen (secondary N) is 1. The van der Waals surface area contributed by atoms with Crippen molar-refractivity contribution in [2.45, 2.75) is 24.5 Å². The summed E-state index contributed by atoms with van der Waals surface area (Å²) in [7, 11) is 1.56. The van der Waals surface area contributed by atoms with Gasteiger partial charge in [-0.2, -0.15) is 0 Å². The number of likely N-dealkylation sites (N-methyl/N-ethyl adjacent to an activating group) is 1. The molecule has 9 nitrogen and oxygen atoms in total. The zero-order valence-electron chi connectivity index (χ0n) is 20.2. The van der Waals surface area contributed by atoms with Crippen LogP contribution in [0.4, 0.5) is 5.69 Å². The predicted molar refractivity (Wildman–Crippen MR) is 144 cm³/mol. The Hall–Kier alpha value is -3.85. The molecular weight excluding hydrogens is 538 g/mol. The summed E-state index contributed by atoms with van der Waals surface area (Å²) >= 11 is 3.45. The van der Waals surface area contributed by atoms with Gasteiger partial charge in [0, 0.05) is 52.7 Å². The first kappa shape index (κ1) is 26.2. The molecule has 0 aliphatic carbocycles. The van der Waals surface area contributed by atoms with Crippen LogP contribution < -0.4 is 10.1 Å². The molecule has 0 aromatic heterocycles. The van der Waals surface area contributed by atoms with E-state index in [4.69, 9.17) is 25.1 Å². The Morgan fingerprint density at radius 3 is 2.59 bits per heavy atom. The number of azide groups is 1. The summed E-state index contributed by atoms with van der Waals surface area (Å²) in [5.74, 6) is 0.618. The van der Waals surface area contributed by atoms with Crippen molar-refractivity contribution in [1.82, 2.24) is 5.32 Å². The molecule has 0 radical (unpaired) electrons. The number of amides is 1. The number of aliphatic hydroxyl groups excluding tert-OH is 1. The highest BCUT2D eigenvalue weighted by atomic mass is 79.9. The first-order valence-electron chi connectivity index (χ1n) is 11.7. The molecule has 1 aliphatic heterocycles. The molecule has 4 rings (SSSR count). The summed E-state index contributed by atoms with van der Waals surface area (Å²) in [6, 6.07) is 21.9. The van der Waals surface area contributed by atoms with Gasteiger partial charge in [0.25, 0.3) is 5.91 Å². The second-order valence-electron chi connectivity index (χ2n) is 8.42. The molecule has 2 atom stereocenters. The number of carbonyl (C=O) groups excluding carboxylic acids is 1. The van der Waals surface area contributed by atoms with Crippen molar-refractivity contribution in [1.29, 1.82) is 0 Å². The average Bonchev–Trinajstić information content (AvgIpc) is 3.30. The van der Waals surface area contributed by atoms with Crippen LogP contribution >= 0.6 is 15.9 Å². The molecule has 3 aromatic rings. The van der Waals surface area contributed by atoms with Crippen molar-refractivity contribution in [2.75, 3.05) is 20.3 Å². The lowest BCUT2D eigenvalue weighted by atomic mass is 9.81. The summed E-state index contributed by atoms with van der Waals surface area (Å²) in [4.78, 5) is 21.4. The maximum absolute atomic E-state index is 13.6. The molecule has 0 saturated carbocycles. The molecule has 0 fully saturated rings. The van der Waals surface area contributed by atoms with Crippen molar-refractivity contribution in [3.63, 3.8) is 0 Å². The van der Waals surface area contributed by atoms with E-state index >= 15 is 0 Å². The van der Waals surface area contributed by atoms with Crippen LogP contribution in [-0.4, -0.2) is 42.7 Å². The summed E-state index contributed by atoms with van der Waals surface area (Å²) in [5, 5.41) is 15.6. The normalized spacial score (nSPS) is 18.4. The Bertz CT molecular complexity index is 1320. The molecule has 0 unspecified atom stereocenters. The van der Waals surface area contributed by atoms with Gasteiger partial charge in [-0.05, 0) is 47.5 Å². The van der Waals surface area contributed by atoms with Gasteiger partial charge >= 0.3 is 0 Å². The minimum absolute atomic E-state index is 0.0569. The standard InChI is InChI=1S/C27H26BrN5O4/c1-30-26(35)27(17-18-7-11-20(28)12-8-18)24(22-5-2-3-6-23(22)32-33-29)37-25(31-27)19-9-13-21(14-10-19)36-16-4-15-34/h2-3,5-14,24,34H,4,15-17H2,1H3,(H,30,35)/t24-,27-/m1/s1. The first-order chi connectivity index (χ1) is 18.0. The number of rotatable bonds is 10. The van der Waals surface area contributed by atoms with Gasteiger partial charge < -0.3 is 19.9 Å². The van der Waals surface area contributed by atoms with Gasteiger partial charge in [0.15, 0.2) is 11.6 Å². The number of hydrogen-bond donors (Lipinski definition) is 2. The molecule has 3 aromatic carbocycles. The van der Waals surface area contributed by atoms with E-state index in [9.17, 15) is 4.79 Å². The minimum Gasteiger partial charge on any atom is -0.494 e. The van der Waals surface area contributed by atoms with Gasteiger partial charge in [0.2, 0.25) is 5.90 Å². The molecule has 1 aliphatic rings. The van der Waals surface area contributed by atoms with Gasteiger partial charge in [0.1, 0.15) is 5.75 Å². The quantitative estimate of drug-likeness (QED) is 0.148. The third-order valence-corrected chi connectivity index (χ3v) is 6.54. The highest BCUT2D eigenvalue weighted by Crippen LogP contribution is 2.45. The Morgan fingerprint density at radius 2 is 1.92 bits per heavy atom. The largest absolute Gasteiger partial charge is 0.494 e. The number of ether oxygens (including phenoxy) is 2. The fourth-order valence-electron chi connectivity index (χ4n) is 4.24. The topological polar surface area (TPSA) is 129 Å². The number of benzene rings is 3. The highest BCUT2D eigenvalue weighted by molar-refractivity contribution is 9.10. The maximum Gasteiger partial charge on any atom is 0.252 e. The Kier molecular flexibility index (Phi) is 8.45. The Morgan fingerprint density at radius 1 is 1.19 bits per heavy atom. The molecule has 190 valence electrons.